The second kappa shape index (κ2) is 8.51. The maximum absolute atomic E-state index is 6.46. The van der Waals surface area contributed by atoms with Crippen molar-refractivity contribution in [3.63, 3.8) is 0 Å². The van der Waals surface area contributed by atoms with Crippen molar-refractivity contribution < 1.29 is 13.9 Å². The van der Waals surface area contributed by atoms with E-state index in [4.69, 9.17) is 13.9 Å². The summed E-state index contributed by atoms with van der Waals surface area (Å²) in [6, 6.07) is 19.0. The van der Waals surface area contributed by atoms with E-state index in [9.17, 15) is 0 Å². The van der Waals surface area contributed by atoms with Crippen LogP contribution in [0, 0.1) is 0 Å². The molecule has 0 atom stereocenters. The number of rotatable bonds is 5. The molecule has 0 N–H and O–H groups in total. The van der Waals surface area contributed by atoms with Crippen LogP contribution in [0.1, 0.15) is 12.5 Å². The van der Waals surface area contributed by atoms with Gasteiger partial charge < -0.3 is 13.9 Å². The molecule has 0 aliphatic carbocycles. The minimum atomic E-state index is 0.716. The van der Waals surface area contributed by atoms with Gasteiger partial charge in [-0.25, -0.2) is 0 Å². The molecule has 1 aliphatic rings. The number of ether oxygens (including phenoxy) is 2. The van der Waals surface area contributed by atoms with Crippen molar-refractivity contribution in [2.45, 2.75) is 13.3 Å². The van der Waals surface area contributed by atoms with Crippen LogP contribution in [-0.4, -0.2) is 39.5 Å². The smallest absolute Gasteiger partial charge is 0.368 e. The lowest BCUT2D eigenvalue weighted by atomic mass is 10.00. The fourth-order valence-corrected chi connectivity index (χ4v) is 3.58. The van der Waals surface area contributed by atoms with Crippen molar-refractivity contribution in [3.05, 3.63) is 65.7 Å². The Kier molecular flexibility index (Phi) is 5.66. The zero-order valence-electron chi connectivity index (χ0n) is 15.8. The van der Waals surface area contributed by atoms with Crippen molar-refractivity contribution in [1.29, 1.82) is 0 Å². The number of hydrogen-bond donors (Lipinski definition) is 0. The van der Waals surface area contributed by atoms with E-state index in [2.05, 4.69) is 53.1 Å². The van der Waals surface area contributed by atoms with E-state index >= 15 is 0 Å². The third-order valence-corrected chi connectivity index (χ3v) is 4.99. The van der Waals surface area contributed by atoms with Gasteiger partial charge in [0, 0.05) is 17.6 Å². The zero-order chi connectivity index (χ0) is 18.5. The highest BCUT2D eigenvalue weighted by molar-refractivity contribution is 5.93. The second-order valence-corrected chi connectivity index (χ2v) is 6.70. The normalized spacial score (nSPS) is 14.6. The molecule has 140 valence electrons. The van der Waals surface area contributed by atoms with Gasteiger partial charge in [-0.2, -0.15) is 4.58 Å². The predicted octanol–water partition coefficient (Wildman–Crippen LogP) is 3.48. The third kappa shape index (κ3) is 3.97. The summed E-state index contributed by atoms with van der Waals surface area (Å²) < 4.78 is 19.9. The minimum absolute atomic E-state index is 0.716. The fourth-order valence-electron chi connectivity index (χ4n) is 3.58. The standard InChI is InChI=1S/C23H26NO3/c1-2-25-14-11-19-17-22(24-12-15-26-16-13-24)27-23-20(9-6-10-21(19)23)18-7-4-3-5-8-18/h3-10,17H,2,11-16H2,1H3/q+1. The molecule has 0 bridgehead atoms. The van der Waals surface area contributed by atoms with E-state index in [1.165, 1.54) is 11.1 Å². The molecule has 0 spiro atoms. The molecule has 2 heterocycles. The SMILES string of the molecule is CCOCCc1cc(=[N+]2CCOCC2)oc2c(-c3ccccc3)cccc12. The average Bonchev–Trinajstić information content (AvgIpc) is 2.74. The molecule has 3 aromatic rings. The highest BCUT2D eigenvalue weighted by Crippen LogP contribution is 2.29. The molecule has 0 saturated carbocycles. The van der Waals surface area contributed by atoms with Gasteiger partial charge in [-0.1, -0.05) is 48.5 Å². The van der Waals surface area contributed by atoms with Gasteiger partial charge in [-0.05, 0) is 24.5 Å². The van der Waals surface area contributed by atoms with Gasteiger partial charge in [0.25, 0.3) is 0 Å². The number of morpholine rings is 1. The van der Waals surface area contributed by atoms with Crippen LogP contribution in [0.5, 0.6) is 0 Å². The highest BCUT2D eigenvalue weighted by atomic mass is 16.5. The summed E-state index contributed by atoms with van der Waals surface area (Å²) in [5.74, 6) is 0. The highest BCUT2D eigenvalue weighted by Gasteiger charge is 2.17. The van der Waals surface area contributed by atoms with E-state index in [-0.39, 0.29) is 0 Å². The molecule has 4 nitrogen and oxygen atoms in total. The summed E-state index contributed by atoms with van der Waals surface area (Å²) in [6.07, 6.45) is 0.871. The molecule has 2 aromatic carbocycles. The quantitative estimate of drug-likeness (QED) is 0.513. The van der Waals surface area contributed by atoms with Crippen LogP contribution >= 0.6 is 0 Å². The summed E-state index contributed by atoms with van der Waals surface area (Å²) in [7, 11) is 0. The molecule has 27 heavy (non-hydrogen) atoms. The van der Waals surface area contributed by atoms with Crippen molar-refractivity contribution in [3.8, 4) is 11.1 Å². The minimum Gasteiger partial charge on any atom is -0.404 e. The molecular formula is C23H26NO3+. The maximum atomic E-state index is 6.46. The van der Waals surface area contributed by atoms with Gasteiger partial charge in [-0.15, -0.1) is 0 Å². The van der Waals surface area contributed by atoms with Gasteiger partial charge in [0.2, 0.25) is 0 Å². The van der Waals surface area contributed by atoms with Crippen molar-refractivity contribution in [1.82, 2.24) is 4.58 Å². The number of fused-ring (bicyclic) bond motifs is 1. The first-order chi connectivity index (χ1) is 13.4. The first kappa shape index (κ1) is 18.0. The van der Waals surface area contributed by atoms with Gasteiger partial charge in [0.15, 0.2) is 13.1 Å². The van der Waals surface area contributed by atoms with E-state index in [1.807, 2.05) is 13.0 Å². The van der Waals surface area contributed by atoms with Gasteiger partial charge >= 0.3 is 5.55 Å². The molecule has 1 fully saturated rings. The predicted molar refractivity (Wildman–Crippen MR) is 108 cm³/mol. The summed E-state index contributed by atoms with van der Waals surface area (Å²) in [5, 5.41) is 1.16. The van der Waals surface area contributed by atoms with Gasteiger partial charge in [-0.3, -0.25) is 0 Å². The first-order valence-corrected chi connectivity index (χ1v) is 9.71. The average molecular weight is 364 g/mol. The van der Waals surface area contributed by atoms with Crippen molar-refractivity contribution in [2.75, 3.05) is 39.5 Å². The monoisotopic (exact) mass is 364 g/mol. The third-order valence-electron chi connectivity index (χ3n) is 4.99. The number of nitrogens with zero attached hydrogens (tertiary/aromatic N) is 1. The molecule has 0 amide bonds. The number of hydrogen-bond acceptors (Lipinski definition) is 3. The lowest BCUT2D eigenvalue weighted by molar-refractivity contribution is 0.0926. The summed E-state index contributed by atoms with van der Waals surface area (Å²) >= 11 is 0. The topological polar surface area (TPSA) is 34.6 Å². The summed E-state index contributed by atoms with van der Waals surface area (Å²) in [4.78, 5) is 0. The van der Waals surface area contributed by atoms with Gasteiger partial charge in [0.1, 0.15) is 18.8 Å². The summed E-state index contributed by atoms with van der Waals surface area (Å²) in [5.41, 5.74) is 5.42. The largest absolute Gasteiger partial charge is 0.404 e. The van der Waals surface area contributed by atoms with Crippen molar-refractivity contribution in [2.24, 2.45) is 0 Å². The molecular weight excluding hydrogens is 338 g/mol. The molecule has 0 unspecified atom stereocenters. The van der Waals surface area contributed by atoms with Crippen LogP contribution in [0.2, 0.25) is 0 Å². The van der Waals surface area contributed by atoms with Crippen LogP contribution in [0.4, 0.5) is 0 Å². The Morgan fingerprint density at radius 1 is 1.00 bits per heavy atom. The Labute approximate surface area is 159 Å². The molecule has 1 aromatic heterocycles. The first-order valence-electron chi connectivity index (χ1n) is 9.71. The zero-order valence-corrected chi connectivity index (χ0v) is 15.8. The summed E-state index contributed by atoms with van der Waals surface area (Å²) in [6.45, 7) is 6.67. The molecule has 4 rings (SSSR count). The van der Waals surface area contributed by atoms with Crippen LogP contribution in [0.25, 0.3) is 22.1 Å². The Morgan fingerprint density at radius 2 is 1.81 bits per heavy atom. The number of para-hydroxylation sites is 1. The van der Waals surface area contributed by atoms with E-state index in [0.717, 1.165) is 61.4 Å². The Bertz CT molecular complexity index is 968. The van der Waals surface area contributed by atoms with E-state index in [0.29, 0.717) is 6.61 Å². The van der Waals surface area contributed by atoms with Crippen LogP contribution in [0.15, 0.2) is 59.0 Å². The van der Waals surface area contributed by atoms with Crippen LogP contribution in [-0.2, 0) is 15.9 Å². The fraction of sp³-hybridized carbons (Fsp3) is 0.348. The Morgan fingerprint density at radius 3 is 2.59 bits per heavy atom. The molecule has 1 aliphatic heterocycles. The number of benzene rings is 2. The molecule has 0 radical (unpaired) electrons. The van der Waals surface area contributed by atoms with Crippen LogP contribution < -0.4 is 10.1 Å². The maximum Gasteiger partial charge on any atom is 0.368 e. The van der Waals surface area contributed by atoms with E-state index in [1.54, 1.807) is 0 Å². The van der Waals surface area contributed by atoms with E-state index < -0.39 is 0 Å². The lowest BCUT2D eigenvalue weighted by Gasteiger charge is -2.12. The second-order valence-electron chi connectivity index (χ2n) is 6.70. The molecule has 1 saturated heterocycles. The lowest BCUT2D eigenvalue weighted by Crippen LogP contribution is -2.39. The Balaban J connectivity index is 1.92. The molecule has 4 heteroatoms. The Hall–Kier alpha value is -2.43. The van der Waals surface area contributed by atoms with Crippen LogP contribution in [0.3, 0.4) is 0 Å². The van der Waals surface area contributed by atoms with Crippen molar-refractivity contribution >= 4 is 11.0 Å². The van der Waals surface area contributed by atoms with Gasteiger partial charge in [0.05, 0.1) is 12.7 Å².